The van der Waals surface area contributed by atoms with Crippen LogP contribution in [0.1, 0.15) is 11.3 Å². The average molecular weight is 420 g/mol. The van der Waals surface area contributed by atoms with Gasteiger partial charge in [-0.25, -0.2) is 9.78 Å². The van der Waals surface area contributed by atoms with Gasteiger partial charge in [-0.1, -0.05) is 72.4 Å². The van der Waals surface area contributed by atoms with Gasteiger partial charge in [0.2, 0.25) is 5.91 Å². The van der Waals surface area contributed by atoms with Crippen LogP contribution in [0.25, 0.3) is 16.8 Å². The van der Waals surface area contributed by atoms with Crippen LogP contribution >= 0.6 is 11.8 Å². The molecule has 0 bridgehead atoms. The van der Waals surface area contributed by atoms with E-state index in [-0.39, 0.29) is 17.3 Å². The summed E-state index contributed by atoms with van der Waals surface area (Å²) in [4.78, 5) is 31.9. The molecule has 0 fully saturated rings. The van der Waals surface area contributed by atoms with E-state index >= 15 is 0 Å². The number of hydrogen-bond acceptors (Lipinski definition) is 5. The van der Waals surface area contributed by atoms with Gasteiger partial charge in [0.25, 0.3) is 0 Å². The molecule has 4 rings (SSSR count). The number of fused-ring (bicyclic) bond motifs is 1. The molecule has 152 valence electrons. The minimum absolute atomic E-state index is 0.105. The smallest absolute Gasteiger partial charge is 0.350 e. The van der Waals surface area contributed by atoms with Gasteiger partial charge < -0.3 is 5.32 Å². The highest BCUT2D eigenvalue weighted by atomic mass is 32.2. The van der Waals surface area contributed by atoms with Crippen molar-refractivity contribution < 1.29 is 4.79 Å². The van der Waals surface area contributed by atoms with Gasteiger partial charge in [-0.2, -0.15) is 9.61 Å². The summed E-state index contributed by atoms with van der Waals surface area (Å²) in [6, 6.07) is 19.7. The van der Waals surface area contributed by atoms with E-state index in [1.807, 2.05) is 67.6 Å². The van der Waals surface area contributed by atoms with Crippen LogP contribution in [0.15, 0.2) is 70.6 Å². The van der Waals surface area contributed by atoms with E-state index in [0.29, 0.717) is 17.3 Å². The lowest BCUT2D eigenvalue weighted by atomic mass is 10.1. The first kappa shape index (κ1) is 19.9. The van der Waals surface area contributed by atoms with Gasteiger partial charge in [0.1, 0.15) is 0 Å². The zero-order valence-electron chi connectivity index (χ0n) is 16.5. The van der Waals surface area contributed by atoms with Crippen molar-refractivity contribution in [2.24, 2.45) is 0 Å². The van der Waals surface area contributed by atoms with Crippen molar-refractivity contribution in [1.29, 1.82) is 0 Å². The second-order valence-corrected chi connectivity index (χ2v) is 7.75. The highest BCUT2D eigenvalue weighted by molar-refractivity contribution is 7.99. The third kappa shape index (κ3) is 4.44. The molecule has 2 heterocycles. The number of amides is 1. The van der Waals surface area contributed by atoms with Crippen LogP contribution in [0.4, 0.5) is 0 Å². The second-order valence-electron chi connectivity index (χ2n) is 6.78. The number of carbonyl (C=O) groups excluding carboxylic acids is 1. The topological polar surface area (TPSA) is 92.2 Å². The number of carbonyl (C=O) groups is 1. The second kappa shape index (κ2) is 8.96. The summed E-state index contributed by atoms with van der Waals surface area (Å²) in [5, 5.41) is 7.61. The molecular formula is C22H21N5O2S. The standard InChI is InChI=1S/C22H21N5O2S/c1-15-19(17-10-6-3-7-11-17)20-24-21(25-22(29)27(20)26-15)30-14-18(28)23-13-12-16-8-4-2-5-9-16/h2-11H,12-14H2,1H3,(H,23,28)(H,24,25,29). The summed E-state index contributed by atoms with van der Waals surface area (Å²) in [6.07, 6.45) is 0.772. The van der Waals surface area contributed by atoms with Gasteiger partial charge in [-0.3, -0.25) is 9.78 Å². The van der Waals surface area contributed by atoms with E-state index in [9.17, 15) is 9.59 Å². The van der Waals surface area contributed by atoms with Gasteiger partial charge in [-0.05, 0) is 24.5 Å². The van der Waals surface area contributed by atoms with E-state index in [0.717, 1.165) is 23.2 Å². The van der Waals surface area contributed by atoms with Gasteiger partial charge in [0.15, 0.2) is 10.8 Å². The summed E-state index contributed by atoms with van der Waals surface area (Å²) in [5.41, 5.74) is 3.76. The minimum Gasteiger partial charge on any atom is -0.355 e. The van der Waals surface area contributed by atoms with Gasteiger partial charge >= 0.3 is 5.69 Å². The maximum atomic E-state index is 12.5. The van der Waals surface area contributed by atoms with Crippen molar-refractivity contribution in [2.75, 3.05) is 12.3 Å². The summed E-state index contributed by atoms with van der Waals surface area (Å²) in [5.74, 6) is 0.0632. The minimum atomic E-state index is -0.378. The number of hydrogen-bond donors (Lipinski definition) is 2. The predicted octanol–water partition coefficient (Wildman–Crippen LogP) is 2.84. The van der Waals surface area contributed by atoms with Crippen molar-refractivity contribution in [2.45, 2.75) is 18.5 Å². The fourth-order valence-corrected chi connectivity index (χ4v) is 3.90. The molecule has 0 aliphatic rings. The SMILES string of the molecule is Cc1nn2c(=O)[nH]c(SCC(=O)NCCc3ccccc3)nc2c1-c1ccccc1. The highest BCUT2D eigenvalue weighted by Crippen LogP contribution is 2.26. The third-order valence-electron chi connectivity index (χ3n) is 4.63. The number of rotatable bonds is 7. The molecule has 7 nitrogen and oxygen atoms in total. The number of benzene rings is 2. The number of aromatic amines is 1. The number of aryl methyl sites for hydroxylation is 1. The lowest BCUT2D eigenvalue weighted by Gasteiger charge is -2.06. The molecule has 1 amide bonds. The van der Waals surface area contributed by atoms with E-state index in [1.165, 1.54) is 21.8 Å². The molecule has 0 aliphatic heterocycles. The molecular weight excluding hydrogens is 398 g/mol. The Labute approximate surface area is 177 Å². The van der Waals surface area contributed by atoms with Crippen molar-refractivity contribution in [3.8, 4) is 11.1 Å². The average Bonchev–Trinajstić information content (AvgIpc) is 3.10. The Kier molecular flexibility index (Phi) is 5.94. The van der Waals surface area contributed by atoms with Crippen LogP contribution in [0, 0.1) is 6.92 Å². The van der Waals surface area contributed by atoms with Crippen LogP contribution in [0.5, 0.6) is 0 Å². The van der Waals surface area contributed by atoms with Crippen LogP contribution in [-0.4, -0.2) is 37.8 Å². The van der Waals surface area contributed by atoms with Gasteiger partial charge in [0, 0.05) is 12.1 Å². The Hall–Kier alpha value is -3.39. The summed E-state index contributed by atoms with van der Waals surface area (Å²) < 4.78 is 1.27. The Morgan fingerprint density at radius 2 is 1.80 bits per heavy atom. The summed E-state index contributed by atoms with van der Waals surface area (Å²) in [7, 11) is 0. The Balaban J connectivity index is 1.45. The first-order valence-electron chi connectivity index (χ1n) is 9.60. The van der Waals surface area contributed by atoms with Gasteiger partial charge in [0.05, 0.1) is 11.4 Å². The molecule has 0 atom stereocenters. The quantitative estimate of drug-likeness (QED) is 0.450. The highest BCUT2D eigenvalue weighted by Gasteiger charge is 2.16. The van der Waals surface area contributed by atoms with E-state index in [1.54, 1.807) is 0 Å². The maximum Gasteiger partial charge on any atom is 0.350 e. The molecule has 0 unspecified atom stereocenters. The zero-order valence-corrected chi connectivity index (χ0v) is 17.3. The Morgan fingerprint density at radius 3 is 2.53 bits per heavy atom. The van der Waals surface area contributed by atoms with Crippen LogP contribution in [0.2, 0.25) is 0 Å². The van der Waals surface area contributed by atoms with Crippen molar-refractivity contribution >= 4 is 23.3 Å². The zero-order chi connectivity index (χ0) is 20.9. The number of aromatic nitrogens is 4. The van der Waals surface area contributed by atoms with Crippen molar-refractivity contribution in [1.82, 2.24) is 24.9 Å². The molecule has 30 heavy (non-hydrogen) atoms. The summed E-state index contributed by atoms with van der Waals surface area (Å²) in [6.45, 7) is 2.41. The fourth-order valence-electron chi connectivity index (χ4n) is 3.22. The fraction of sp³-hybridized carbons (Fsp3) is 0.182. The first-order valence-corrected chi connectivity index (χ1v) is 10.6. The molecule has 0 radical (unpaired) electrons. The van der Waals surface area contributed by atoms with Crippen molar-refractivity contribution in [3.05, 3.63) is 82.4 Å². The van der Waals surface area contributed by atoms with E-state index in [4.69, 9.17) is 0 Å². The molecule has 0 saturated carbocycles. The molecule has 2 aromatic carbocycles. The molecule has 8 heteroatoms. The predicted molar refractivity (Wildman–Crippen MR) is 118 cm³/mol. The van der Waals surface area contributed by atoms with Crippen LogP contribution in [0.3, 0.4) is 0 Å². The molecule has 0 aliphatic carbocycles. The number of thioether (sulfide) groups is 1. The molecule has 2 N–H and O–H groups in total. The number of H-pyrrole nitrogens is 1. The van der Waals surface area contributed by atoms with Crippen LogP contribution in [-0.2, 0) is 11.2 Å². The Bertz CT molecular complexity index is 1220. The number of nitrogens with one attached hydrogen (secondary N) is 2. The van der Waals surface area contributed by atoms with E-state index in [2.05, 4.69) is 20.4 Å². The summed E-state index contributed by atoms with van der Waals surface area (Å²) >= 11 is 1.20. The monoisotopic (exact) mass is 419 g/mol. The van der Waals surface area contributed by atoms with E-state index < -0.39 is 0 Å². The normalized spacial score (nSPS) is 11.0. The lowest BCUT2D eigenvalue weighted by molar-refractivity contribution is -0.118. The van der Waals surface area contributed by atoms with Crippen LogP contribution < -0.4 is 11.0 Å². The largest absolute Gasteiger partial charge is 0.355 e. The molecule has 4 aromatic rings. The molecule has 0 spiro atoms. The maximum absolute atomic E-state index is 12.5. The Morgan fingerprint density at radius 1 is 1.10 bits per heavy atom. The number of nitrogens with zero attached hydrogens (tertiary/aromatic N) is 3. The lowest BCUT2D eigenvalue weighted by Crippen LogP contribution is -2.27. The first-order chi connectivity index (χ1) is 14.6. The van der Waals surface area contributed by atoms with Crippen molar-refractivity contribution in [3.63, 3.8) is 0 Å². The van der Waals surface area contributed by atoms with Gasteiger partial charge in [-0.15, -0.1) is 0 Å². The molecule has 0 saturated heterocycles. The molecule has 2 aromatic heterocycles. The third-order valence-corrected chi connectivity index (χ3v) is 5.50.